The maximum atomic E-state index is 13.2. The summed E-state index contributed by atoms with van der Waals surface area (Å²) in [6, 6.07) is 2.52. The van der Waals surface area contributed by atoms with E-state index in [4.69, 9.17) is 0 Å². The molecule has 0 heterocycles. The summed E-state index contributed by atoms with van der Waals surface area (Å²) in [6.07, 6.45) is 0.888. The van der Waals surface area contributed by atoms with Crippen molar-refractivity contribution in [1.82, 2.24) is 0 Å². The van der Waals surface area contributed by atoms with Crippen molar-refractivity contribution < 1.29 is 22.0 Å². The van der Waals surface area contributed by atoms with Crippen LogP contribution in [-0.2, 0) is 14.6 Å². The summed E-state index contributed by atoms with van der Waals surface area (Å²) in [5.41, 5.74) is -0.384. The molecular formula is C10H11F2NO3S. The molecule has 1 N–H and O–H groups in total. The molecule has 1 amide bonds. The molecule has 4 nitrogen and oxygen atoms in total. The number of carbonyl (C=O) groups excluding carboxylic acids is 1. The van der Waals surface area contributed by atoms with Gasteiger partial charge in [-0.25, -0.2) is 17.2 Å². The highest BCUT2D eigenvalue weighted by Crippen LogP contribution is 2.16. The Labute approximate surface area is 97.6 Å². The van der Waals surface area contributed by atoms with E-state index in [0.717, 1.165) is 24.5 Å². The average molecular weight is 263 g/mol. The first-order chi connectivity index (χ1) is 7.71. The van der Waals surface area contributed by atoms with Crippen LogP contribution in [0.5, 0.6) is 0 Å². The van der Waals surface area contributed by atoms with Crippen molar-refractivity contribution in [2.24, 2.45) is 0 Å². The second-order valence-electron chi connectivity index (χ2n) is 3.59. The second kappa shape index (κ2) is 4.79. The van der Waals surface area contributed by atoms with Gasteiger partial charge in [-0.2, -0.15) is 0 Å². The highest BCUT2D eigenvalue weighted by molar-refractivity contribution is 7.92. The van der Waals surface area contributed by atoms with Crippen molar-refractivity contribution in [2.45, 2.75) is 12.2 Å². The van der Waals surface area contributed by atoms with Gasteiger partial charge in [0.2, 0.25) is 5.91 Å². The lowest BCUT2D eigenvalue weighted by atomic mass is 10.3. The second-order valence-corrected chi connectivity index (χ2v) is 5.95. The number of anilines is 1. The van der Waals surface area contributed by atoms with E-state index in [1.54, 1.807) is 0 Å². The number of hydrogen-bond acceptors (Lipinski definition) is 3. The molecule has 0 aliphatic heterocycles. The van der Waals surface area contributed by atoms with Crippen molar-refractivity contribution >= 4 is 21.4 Å². The number of carbonyl (C=O) groups is 1. The Morgan fingerprint density at radius 2 is 1.94 bits per heavy atom. The molecule has 0 fully saturated rings. The maximum Gasteiger partial charge on any atom is 0.242 e. The smallest absolute Gasteiger partial charge is 0.242 e. The lowest BCUT2D eigenvalue weighted by Crippen LogP contribution is -2.32. The van der Waals surface area contributed by atoms with Crippen LogP contribution in [0.25, 0.3) is 0 Å². The quantitative estimate of drug-likeness (QED) is 0.895. The van der Waals surface area contributed by atoms with Crippen LogP contribution in [0.15, 0.2) is 18.2 Å². The Morgan fingerprint density at radius 3 is 2.47 bits per heavy atom. The van der Waals surface area contributed by atoms with Crippen molar-refractivity contribution in [1.29, 1.82) is 0 Å². The third-order valence-corrected chi connectivity index (χ3v) is 3.70. The standard InChI is InChI=1S/C10H11F2NO3S/c1-6(17(2,15)16)10(14)13-9-5-7(11)3-4-8(9)12/h3-6H,1-2H3,(H,13,14)/t6-/m1/s1. The Balaban J connectivity index is 2.92. The van der Waals surface area contributed by atoms with E-state index in [1.165, 1.54) is 6.92 Å². The predicted molar refractivity (Wildman–Crippen MR) is 59.3 cm³/mol. The van der Waals surface area contributed by atoms with Crippen molar-refractivity contribution in [3.63, 3.8) is 0 Å². The molecule has 0 unspecified atom stereocenters. The first kappa shape index (κ1) is 13.6. The fourth-order valence-corrected chi connectivity index (χ4v) is 1.47. The van der Waals surface area contributed by atoms with Gasteiger partial charge >= 0.3 is 0 Å². The number of sulfone groups is 1. The molecule has 0 aromatic heterocycles. The van der Waals surface area contributed by atoms with Crippen LogP contribution in [0.3, 0.4) is 0 Å². The largest absolute Gasteiger partial charge is 0.322 e. The molecule has 1 aromatic carbocycles. The Hall–Kier alpha value is -1.50. The molecule has 17 heavy (non-hydrogen) atoms. The molecule has 0 radical (unpaired) electrons. The predicted octanol–water partition coefficient (Wildman–Crippen LogP) is 1.34. The molecule has 1 rings (SSSR count). The summed E-state index contributed by atoms with van der Waals surface area (Å²) >= 11 is 0. The first-order valence-electron chi connectivity index (χ1n) is 4.66. The molecule has 0 saturated heterocycles. The molecule has 0 spiro atoms. The third-order valence-electron chi connectivity index (χ3n) is 2.20. The van der Waals surface area contributed by atoms with E-state index >= 15 is 0 Å². The first-order valence-corrected chi connectivity index (χ1v) is 6.62. The fourth-order valence-electron chi connectivity index (χ4n) is 1.02. The van der Waals surface area contributed by atoms with Gasteiger partial charge in [0, 0.05) is 12.3 Å². The highest BCUT2D eigenvalue weighted by atomic mass is 32.2. The average Bonchev–Trinajstić information content (AvgIpc) is 2.21. The number of benzene rings is 1. The summed E-state index contributed by atoms with van der Waals surface area (Å²) in [5.74, 6) is -2.47. The molecular weight excluding hydrogens is 252 g/mol. The van der Waals surface area contributed by atoms with E-state index in [-0.39, 0.29) is 5.69 Å². The number of rotatable bonds is 3. The molecule has 0 saturated carbocycles. The van der Waals surface area contributed by atoms with Crippen molar-refractivity contribution in [3.05, 3.63) is 29.8 Å². The van der Waals surface area contributed by atoms with Crippen LogP contribution in [-0.4, -0.2) is 25.8 Å². The summed E-state index contributed by atoms with van der Waals surface area (Å²) in [7, 11) is -3.57. The van der Waals surface area contributed by atoms with Crippen molar-refractivity contribution in [2.75, 3.05) is 11.6 Å². The summed E-state index contributed by atoms with van der Waals surface area (Å²) < 4.78 is 48.1. The zero-order valence-corrected chi connectivity index (χ0v) is 10.0. The van der Waals surface area contributed by atoms with E-state index in [0.29, 0.717) is 0 Å². The minimum absolute atomic E-state index is 0.384. The zero-order chi connectivity index (χ0) is 13.2. The summed E-state index contributed by atoms with van der Waals surface area (Å²) in [5, 5.41) is 0.696. The van der Waals surface area contributed by atoms with Crippen LogP contribution in [0.4, 0.5) is 14.5 Å². The minimum atomic E-state index is -3.57. The number of amides is 1. The van der Waals surface area contributed by atoms with E-state index in [1.807, 2.05) is 5.32 Å². The normalized spacial score (nSPS) is 13.2. The van der Waals surface area contributed by atoms with Gasteiger partial charge < -0.3 is 5.32 Å². The highest BCUT2D eigenvalue weighted by Gasteiger charge is 2.24. The van der Waals surface area contributed by atoms with Gasteiger partial charge in [-0.1, -0.05) is 0 Å². The van der Waals surface area contributed by atoms with Gasteiger partial charge in [-0.3, -0.25) is 4.79 Å². The number of halogens is 2. The molecule has 1 atom stereocenters. The van der Waals surface area contributed by atoms with Gasteiger partial charge in [0.25, 0.3) is 0 Å². The Kier molecular flexibility index (Phi) is 3.82. The van der Waals surface area contributed by atoms with Gasteiger partial charge in [-0.15, -0.1) is 0 Å². The van der Waals surface area contributed by atoms with E-state index in [2.05, 4.69) is 0 Å². The van der Waals surface area contributed by atoms with Gasteiger partial charge in [-0.05, 0) is 19.1 Å². The number of nitrogens with one attached hydrogen (secondary N) is 1. The minimum Gasteiger partial charge on any atom is -0.322 e. The molecule has 0 aliphatic rings. The molecule has 94 valence electrons. The Morgan fingerprint density at radius 1 is 1.35 bits per heavy atom. The van der Waals surface area contributed by atoms with Crippen LogP contribution >= 0.6 is 0 Å². The zero-order valence-electron chi connectivity index (χ0n) is 9.20. The van der Waals surface area contributed by atoms with Crippen LogP contribution in [0.2, 0.25) is 0 Å². The SMILES string of the molecule is C[C@H](C(=O)Nc1cc(F)ccc1F)S(C)(=O)=O. The summed E-state index contributed by atoms with van der Waals surface area (Å²) in [6.45, 7) is 1.17. The molecule has 1 aromatic rings. The van der Waals surface area contributed by atoms with Crippen LogP contribution < -0.4 is 5.32 Å². The molecule has 7 heteroatoms. The fraction of sp³-hybridized carbons (Fsp3) is 0.300. The third kappa shape index (κ3) is 3.48. The van der Waals surface area contributed by atoms with Gasteiger partial charge in [0.05, 0.1) is 5.69 Å². The Bertz CT molecular complexity index is 542. The maximum absolute atomic E-state index is 13.2. The van der Waals surface area contributed by atoms with Gasteiger partial charge in [0.1, 0.15) is 16.9 Å². The van der Waals surface area contributed by atoms with E-state index in [9.17, 15) is 22.0 Å². The van der Waals surface area contributed by atoms with Crippen molar-refractivity contribution in [3.8, 4) is 0 Å². The van der Waals surface area contributed by atoms with Crippen LogP contribution in [0, 0.1) is 11.6 Å². The number of hydrogen-bond donors (Lipinski definition) is 1. The molecule has 0 aliphatic carbocycles. The van der Waals surface area contributed by atoms with E-state index < -0.39 is 32.6 Å². The van der Waals surface area contributed by atoms with Crippen LogP contribution in [0.1, 0.15) is 6.92 Å². The summed E-state index contributed by atoms with van der Waals surface area (Å²) in [4.78, 5) is 11.4. The monoisotopic (exact) mass is 263 g/mol. The topological polar surface area (TPSA) is 63.2 Å². The lowest BCUT2D eigenvalue weighted by molar-refractivity contribution is -0.115. The lowest BCUT2D eigenvalue weighted by Gasteiger charge is -2.10. The van der Waals surface area contributed by atoms with Gasteiger partial charge in [0.15, 0.2) is 9.84 Å². The molecule has 0 bridgehead atoms.